The van der Waals surface area contributed by atoms with Crippen molar-refractivity contribution in [2.45, 2.75) is 4.90 Å². The SMILES string of the molecule is COC(=O)c1cc(S(N)(=O)=O)cc(Cl)c1F. The highest BCUT2D eigenvalue weighted by Crippen LogP contribution is 2.23. The predicted molar refractivity (Wildman–Crippen MR) is 54.1 cm³/mol. The van der Waals surface area contributed by atoms with Crippen LogP contribution in [-0.2, 0) is 14.8 Å². The number of ether oxygens (including phenoxy) is 1. The van der Waals surface area contributed by atoms with Gasteiger partial charge in [0.1, 0.15) is 0 Å². The second-order valence-corrected chi connectivity index (χ2v) is 4.77. The van der Waals surface area contributed by atoms with E-state index in [0.29, 0.717) is 0 Å². The molecule has 0 fully saturated rings. The number of halogens is 2. The Morgan fingerprint density at radius 1 is 1.50 bits per heavy atom. The molecule has 0 radical (unpaired) electrons. The number of primary sulfonamides is 1. The molecule has 0 heterocycles. The van der Waals surface area contributed by atoms with Gasteiger partial charge in [0.05, 0.1) is 22.6 Å². The van der Waals surface area contributed by atoms with Gasteiger partial charge in [-0.05, 0) is 12.1 Å². The summed E-state index contributed by atoms with van der Waals surface area (Å²) in [5.41, 5.74) is -0.584. The molecule has 1 rings (SSSR count). The van der Waals surface area contributed by atoms with Crippen LogP contribution in [0.4, 0.5) is 4.39 Å². The van der Waals surface area contributed by atoms with Crippen LogP contribution in [0.1, 0.15) is 10.4 Å². The number of methoxy groups -OCH3 is 1. The van der Waals surface area contributed by atoms with Crippen LogP contribution in [0.15, 0.2) is 17.0 Å². The molecule has 0 saturated heterocycles. The maximum Gasteiger partial charge on any atom is 0.340 e. The first kappa shape index (κ1) is 12.9. The number of nitrogens with two attached hydrogens (primary N) is 1. The quantitative estimate of drug-likeness (QED) is 0.807. The molecule has 8 heteroatoms. The lowest BCUT2D eigenvalue weighted by atomic mass is 10.2. The fraction of sp³-hybridized carbons (Fsp3) is 0.125. The summed E-state index contributed by atoms with van der Waals surface area (Å²) in [6, 6.07) is 1.58. The normalized spacial score (nSPS) is 11.2. The van der Waals surface area contributed by atoms with Crippen molar-refractivity contribution in [1.29, 1.82) is 0 Å². The Morgan fingerprint density at radius 2 is 2.06 bits per heavy atom. The van der Waals surface area contributed by atoms with E-state index in [-0.39, 0.29) is 0 Å². The maximum atomic E-state index is 13.3. The van der Waals surface area contributed by atoms with Crippen molar-refractivity contribution in [2.75, 3.05) is 7.11 Å². The van der Waals surface area contributed by atoms with Crippen molar-refractivity contribution in [1.82, 2.24) is 0 Å². The minimum atomic E-state index is -4.07. The molecule has 2 N–H and O–H groups in total. The molecule has 0 saturated carbocycles. The first-order chi connectivity index (χ1) is 7.27. The number of hydrogen-bond donors (Lipinski definition) is 1. The third-order valence-corrected chi connectivity index (χ3v) is 2.90. The Balaban J connectivity index is 3.51. The van der Waals surface area contributed by atoms with Gasteiger partial charge in [-0.2, -0.15) is 0 Å². The summed E-state index contributed by atoms with van der Waals surface area (Å²) in [6.07, 6.45) is 0. The van der Waals surface area contributed by atoms with E-state index in [1.54, 1.807) is 0 Å². The predicted octanol–water partition coefficient (Wildman–Crippen LogP) is 0.913. The molecule has 0 unspecified atom stereocenters. The van der Waals surface area contributed by atoms with E-state index >= 15 is 0 Å². The monoisotopic (exact) mass is 267 g/mol. The Morgan fingerprint density at radius 3 is 2.50 bits per heavy atom. The van der Waals surface area contributed by atoms with Crippen molar-refractivity contribution in [3.8, 4) is 0 Å². The minimum Gasteiger partial charge on any atom is -0.465 e. The third kappa shape index (κ3) is 2.49. The Labute approximate surface area is 96.0 Å². The molecule has 88 valence electrons. The summed E-state index contributed by atoms with van der Waals surface area (Å²) >= 11 is 5.42. The second-order valence-electron chi connectivity index (χ2n) is 2.80. The van der Waals surface area contributed by atoms with E-state index in [1.807, 2.05) is 0 Å². The van der Waals surface area contributed by atoms with Crippen LogP contribution in [0.5, 0.6) is 0 Å². The summed E-state index contributed by atoms with van der Waals surface area (Å²) in [5, 5.41) is 4.30. The first-order valence-electron chi connectivity index (χ1n) is 3.87. The van der Waals surface area contributed by atoms with Gasteiger partial charge in [0.25, 0.3) is 0 Å². The third-order valence-electron chi connectivity index (χ3n) is 1.74. The van der Waals surface area contributed by atoms with Gasteiger partial charge in [-0.1, -0.05) is 11.6 Å². The molecule has 1 aromatic rings. The molecule has 0 aliphatic heterocycles. The van der Waals surface area contributed by atoms with Gasteiger partial charge in [-0.15, -0.1) is 0 Å². The zero-order valence-corrected chi connectivity index (χ0v) is 9.60. The number of carbonyl (C=O) groups is 1. The summed E-state index contributed by atoms with van der Waals surface area (Å²) < 4.78 is 39.6. The molecule has 5 nitrogen and oxygen atoms in total. The van der Waals surface area contributed by atoms with Crippen molar-refractivity contribution in [2.24, 2.45) is 5.14 Å². The molecule has 0 aromatic heterocycles. The van der Waals surface area contributed by atoms with Crippen LogP contribution in [0.25, 0.3) is 0 Å². The van der Waals surface area contributed by atoms with Crippen LogP contribution >= 0.6 is 11.6 Å². The van der Waals surface area contributed by atoms with Gasteiger partial charge < -0.3 is 4.74 Å². The van der Waals surface area contributed by atoms with Gasteiger partial charge in [0.15, 0.2) is 5.82 Å². The number of benzene rings is 1. The smallest absolute Gasteiger partial charge is 0.340 e. The average Bonchev–Trinajstić information content (AvgIpc) is 2.19. The van der Waals surface area contributed by atoms with E-state index in [9.17, 15) is 17.6 Å². The maximum absolute atomic E-state index is 13.3. The highest BCUT2D eigenvalue weighted by molar-refractivity contribution is 7.89. The standard InChI is InChI=1S/C8H7ClFNO4S/c1-15-8(12)5-2-4(16(11,13)14)3-6(9)7(5)10/h2-3H,1H3,(H2,11,13,14). The van der Waals surface area contributed by atoms with Gasteiger partial charge in [0, 0.05) is 0 Å². The topological polar surface area (TPSA) is 86.5 Å². The van der Waals surface area contributed by atoms with E-state index in [1.165, 1.54) is 0 Å². The fourth-order valence-corrected chi connectivity index (χ4v) is 1.84. The number of carbonyl (C=O) groups excluding carboxylic acids is 1. The van der Waals surface area contributed by atoms with Crippen molar-refractivity contribution in [3.05, 3.63) is 28.5 Å². The number of sulfonamides is 1. The number of rotatable bonds is 2. The fourth-order valence-electron chi connectivity index (χ4n) is 0.987. The Hall–Kier alpha value is -1.18. The lowest BCUT2D eigenvalue weighted by Gasteiger charge is -2.05. The molecule has 0 aliphatic rings. The second kappa shape index (κ2) is 4.36. The van der Waals surface area contributed by atoms with Crippen molar-refractivity contribution in [3.63, 3.8) is 0 Å². The molecule has 0 amide bonds. The largest absolute Gasteiger partial charge is 0.465 e. The van der Waals surface area contributed by atoms with Crippen LogP contribution in [0, 0.1) is 5.82 Å². The van der Waals surface area contributed by atoms with E-state index in [2.05, 4.69) is 4.74 Å². The molecule has 0 spiro atoms. The summed E-state index contributed by atoms with van der Waals surface area (Å²) in [5.74, 6) is -2.09. The van der Waals surface area contributed by atoms with Gasteiger partial charge >= 0.3 is 5.97 Å². The van der Waals surface area contributed by atoms with Crippen LogP contribution in [-0.4, -0.2) is 21.5 Å². The van der Waals surface area contributed by atoms with Crippen LogP contribution in [0.2, 0.25) is 5.02 Å². The molecule has 1 aromatic carbocycles. The highest BCUT2D eigenvalue weighted by Gasteiger charge is 2.20. The first-order valence-corrected chi connectivity index (χ1v) is 5.80. The highest BCUT2D eigenvalue weighted by atomic mass is 35.5. The summed E-state index contributed by atoms with van der Waals surface area (Å²) in [4.78, 5) is 10.7. The van der Waals surface area contributed by atoms with E-state index in [0.717, 1.165) is 19.2 Å². The molecular weight excluding hydrogens is 261 g/mol. The van der Waals surface area contributed by atoms with Crippen molar-refractivity contribution < 1.29 is 22.3 Å². The van der Waals surface area contributed by atoms with Crippen molar-refractivity contribution >= 4 is 27.6 Å². The van der Waals surface area contributed by atoms with Crippen LogP contribution in [0.3, 0.4) is 0 Å². The lowest BCUT2D eigenvalue weighted by Crippen LogP contribution is -2.14. The summed E-state index contributed by atoms with van der Waals surface area (Å²) in [7, 11) is -3.04. The van der Waals surface area contributed by atoms with Gasteiger partial charge in [-0.3, -0.25) is 0 Å². The Bertz CT molecular complexity index is 543. The van der Waals surface area contributed by atoms with E-state index < -0.39 is 37.3 Å². The lowest BCUT2D eigenvalue weighted by molar-refractivity contribution is 0.0595. The molecule has 0 atom stereocenters. The zero-order chi connectivity index (χ0) is 12.5. The van der Waals surface area contributed by atoms with Gasteiger partial charge in [-0.25, -0.2) is 22.7 Å². The summed E-state index contributed by atoms with van der Waals surface area (Å²) in [6.45, 7) is 0. The molecule has 16 heavy (non-hydrogen) atoms. The average molecular weight is 268 g/mol. The minimum absolute atomic E-state index is 0.459. The van der Waals surface area contributed by atoms with Gasteiger partial charge in [0.2, 0.25) is 10.0 Å². The van der Waals surface area contributed by atoms with E-state index in [4.69, 9.17) is 16.7 Å². The van der Waals surface area contributed by atoms with Crippen LogP contribution < -0.4 is 5.14 Å². The molecule has 0 bridgehead atoms. The number of esters is 1. The number of hydrogen-bond acceptors (Lipinski definition) is 4. The molecular formula is C8H7ClFNO4S. The zero-order valence-electron chi connectivity index (χ0n) is 8.03. The Kier molecular flexibility index (Phi) is 3.51. The molecule has 0 aliphatic carbocycles.